The molecule has 1 heterocycles. The Morgan fingerprint density at radius 3 is 2.24 bits per heavy atom. The third-order valence-electron chi connectivity index (χ3n) is 6.88. The molecule has 1 saturated heterocycles. The van der Waals surface area contributed by atoms with Crippen LogP contribution in [0.4, 0.5) is 4.79 Å². The summed E-state index contributed by atoms with van der Waals surface area (Å²) in [5, 5.41) is 5.73. The molecule has 4 atom stereocenters. The van der Waals surface area contributed by atoms with Gasteiger partial charge in [-0.25, -0.2) is 9.59 Å². The van der Waals surface area contributed by atoms with E-state index in [1.54, 1.807) is 4.90 Å². The molecule has 9 heteroatoms. The fourth-order valence-corrected chi connectivity index (χ4v) is 4.92. The second-order valence-corrected chi connectivity index (χ2v) is 12.5. The van der Waals surface area contributed by atoms with Gasteiger partial charge in [0.1, 0.15) is 17.7 Å². The predicted octanol–water partition coefficient (Wildman–Crippen LogP) is 4.65. The van der Waals surface area contributed by atoms with Gasteiger partial charge < -0.3 is 25.0 Å². The van der Waals surface area contributed by atoms with Gasteiger partial charge in [-0.15, -0.1) is 0 Å². The summed E-state index contributed by atoms with van der Waals surface area (Å²) >= 11 is 0. The Kier molecular flexibility index (Phi) is 12.9. The number of rotatable bonds is 12. The van der Waals surface area contributed by atoms with E-state index < -0.39 is 35.7 Å². The Morgan fingerprint density at radius 2 is 1.68 bits per heavy atom. The molecule has 3 amide bonds. The summed E-state index contributed by atoms with van der Waals surface area (Å²) in [4.78, 5) is 53.7. The highest BCUT2D eigenvalue weighted by atomic mass is 16.6. The number of methoxy groups -OCH3 is 1. The number of likely N-dealkylation sites (tertiary alicyclic amines) is 1. The largest absolute Gasteiger partial charge is 0.467 e. The molecule has 0 saturated carbocycles. The number of nitrogens with one attached hydrogen (secondary N) is 2. The van der Waals surface area contributed by atoms with Crippen molar-refractivity contribution in [2.24, 2.45) is 17.8 Å². The number of benzene rings is 1. The smallest absolute Gasteiger partial charge is 0.408 e. The van der Waals surface area contributed by atoms with Gasteiger partial charge in [0.05, 0.1) is 19.1 Å². The lowest BCUT2D eigenvalue weighted by molar-refractivity contribution is -0.147. The summed E-state index contributed by atoms with van der Waals surface area (Å²) < 4.78 is 10.3. The molecule has 0 aromatic heterocycles. The molecule has 1 aromatic carbocycles. The average molecular weight is 572 g/mol. The molecule has 0 radical (unpaired) electrons. The third-order valence-corrected chi connectivity index (χ3v) is 6.88. The Labute approximate surface area is 245 Å². The maximum absolute atomic E-state index is 14.0. The molecule has 41 heavy (non-hydrogen) atoms. The van der Waals surface area contributed by atoms with Crippen molar-refractivity contribution in [1.82, 2.24) is 15.5 Å². The van der Waals surface area contributed by atoms with E-state index in [2.05, 4.69) is 24.5 Å². The summed E-state index contributed by atoms with van der Waals surface area (Å²) in [5.74, 6) is -1.46. The van der Waals surface area contributed by atoms with E-state index in [1.165, 1.54) is 7.11 Å². The van der Waals surface area contributed by atoms with Crippen molar-refractivity contribution in [1.29, 1.82) is 0 Å². The van der Waals surface area contributed by atoms with E-state index in [1.807, 2.05) is 77.1 Å². The quantitative estimate of drug-likeness (QED) is 0.279. The van der Waals surface area contributed by atoms with Gasteiger partial charge >= 0.3 is 12.1 Å². The van der Waals surface area contributed by atoms with Gasteiger partial charge in [-0.1, -0.05) is 70.2 Å². The van der Waals surface area contributed by atoms with Crippen molar-refractivity contribution in [2.75, 3.05) is 13.7 Å². The van der Waals surface area contributed by atoms with Crippen LogP contribution in [-0.4, -0.2) is 66.2 Å². The zero-order valence-electron chi connectivity index (χ0n) is 25.9. The first-order chi connectivity index (χ1) is 19.2. The van der Waals surface area contributed by atoms with Gasteiger partial charge in [0.25, 0.3) is 0 Å². The van der Waals surface area contributed by atoms with Crippen molar-refractivity contribution in [3.8, 4) is 0 Å². The van der Waals surface area contributed by atoms with Crippen LogP contribution in [0.5, 0.6) is 0 Å². The van der Waals surface area contributed by atoms with Gasteiger partial charge in [-0.3, -0.25) is 9.59 Å². The maximum Gasteiger partial charge on any atom is 0.408 e. The molecular weight excluding hydrogens is 522 g/mol. The molecule has 1 aliphatic rings. The molecule has 1 aromatic rings. The minimum atomic E-state index is -0.791. The van der Waals surface area contributed by atoms with E-state index in [0.29, 0.717) is 38.1 Å². The van der Waals surface area contributed by atoms with Gasteiger partial charge in [0, 0.05) is 6.54 Å². The highest BCUT2D eigenvalue weighted by molar-refractivity contribution is 5.92. The van der Waals surface area contributed by atoms with Crippen LogP contribution in [0.2, 0.25) is 0 Å². The lowest BCUT2D eigenvalue weighted by Gasteiger charge is -2.29. The van der Waals surface area contributed by atoms with Gasteiger partial charge in [0.15, 0.2) is 0 Å². The lowest BCUT2D eigenvalue weighted by atomic mass is 9.94. The van der Waals surface area contributed by atoms with Crippen molar-refractivity contribution < 1.29 is 28.7 Å². The second kappa shape index (κ2) is 15.6. The zero-order valence-corrected chi connectivity index (χ0v) is 25.9. The van der Waals surface area contributed by atoms with Crippen LogP contribution in [0.1, 0.15) is 73.3 Å². The molecule has 2 N–H and O–H groups in total. The van der Waals surface area contributed by atoms with Crippen LogP contribution < -0.4 is 10.6 Å². The van der Waals surface area contributed by atoms with E-state index in [0.717, 1.165) is 5.56 Å². The number of ether oxygens (including phenoxy) is 2. The topological polar surface area (TPSA) is 114 Å². The monoisotopic (exact) mass is 571 g/mol. The van der Waals surface area contributed by atoms with E-state index >= 15 is 0 Å². The summed E-state index contributed by atoms with van der Waals surface area (Å²) in [6.07, 6.45) is 5.51. The Hall–Kier alpha value is -3.36. The predicted molar refractivity (Wildman–Crippen MR) is 159 cm³/mol. The number of esters is 1. The third kappa shape index (κ3) is 11.2. The second-order valence-electron chi connectivity index (χ2n) is 12.5. The molecule has 228 valence electrons. The van der Waals surface area contributed by atoms with Gasteiger partial charge in [-0.2, -0.15) is 0 Å². The molecule has 0 spiro atoms. The SMILES string of the molecule is COC(=O)[C@H](NC(=O)[C@@H]1CCCN1C(=O)[C@@H](/C=C/[C@H](CC(C)C)NC(=O)OC(C)(C)C)Cc1ccccc1)C(C)C. The molecule has 0 aliphatic carbocycles. The minimum Gasteiger partial charge on any atom is -0.467 e. The first-order valence-corrected chi connectivity index (χ1v) is 14.6. The summed E-state index contributed by atoms with van der Waals surface area (Å²) in [7, 11) is 1.29. The molecular formula is C32H49N3O6. The molecule has 0 bridgehead atoms. The van der Waals surface area contributed by atoms with E-state index in [9.17, 15) is 19.2 Å². The Bertz CT molecular complexity index is 1050. The van der Waals surface area contributed by atoms with Crippen LogP contribution >= 0.6 is 0 Å². The van der Waals surface area contributed by atoms with Crippen molar-refractivity contribution in [3.05, 3.63) is 48.0 Å². The normalized spacial score (nSPS) is 17.8. The molecule has 2 rings (SSSR count). The summed E-state index contributed by atoms with van der Waals surface area (Å²) in [6, 6.07) is 7.92. The number of carbonyl (C=O) groups is 4. The summed E-state index contributed by atoms with van der Waals surface area (Å²) in [5.41, 5.74) is 0.359. The first kappa shape index (κ1) is 33.8. The summed E-state index contributed by atoms with van der Waals surface area (Å²) in [6.45, 7) is 13.7. The van der Waals surface area contributed by atoms with Crippen LogP contribution in [0.25, 0.3) is 0 Å². The van der Waals surface area contributed by atoms with Gasteiger partial charge in [-0.05, 0) is 63.9 Å². The number of carbonyl (C=O) groups excluding carboxylic acids is 4. The maximum atomic E-state index is 14.0. The van der Waals surface area contributed by atoms with Crippen molar-refractivity contribution in [2.45, 2.75) is 97.9 Å². The van der Waals surface area contributed by atoms with Crippen molar-refractivity contribution >= 4 is 23.9 Å². The lowest BCUT2D eigenvalue weighted by Crippen LogP contribution is -2.53. The van der Waals surface area contributed by atoms with E-state index in [-0.39, 0.29) is 23.8 Å². The molecule has 1 fully saturated rings. The highest BCUT2D eigenvalue weighted by Gasteiger charge is 2.38. The number of alkyl carbamates (subject to hydrolysis) is 1. The minimum absolute atomic E-state index is 0.164. The zero-order chi connectivity index (χ0) is 30.7. The van der Waals surface area contributed by atoms with Crippen LogP contribution in [0.15, 0.2) is 42.5 Å². The fourth-order valence-electron chi connectivity index (χ4n) is 4.92. The van der Waals surface area contributed by atoms with E-state index in [4.69, 9.17) is 9.47 Å². The number of nitrogens with zero attached hydrogens (tertiary/aromatic N) is 1. The van der Waals surface area contributed by atoms with Crippen LogP contribution in [-0.2, 0) is 30.3 Å². The standard InChI is InChI=1S/C32H49N3O6/c1-21(2)19-25(33-31(39)41-32(5,6)7)17-16-24(20-23-13-10-9-11-14-23)29(37)35-18-12-15-26(35)28(36)34-27(22(3)4)30(38)40-8/h9-11,13-14,16-17,21-22,24-27H,12,15,18-20H2,1-8H3,(H,33,39)(H,34,36)/b17-16+/t24-,25+,26-,27+/m0/s1. The molecule has 9 nitrogen and oxygen atoms in total. The van der Waals surface area contributed by atoms with Crippen molar-refractivity contribution in [3.63, 3.8) is 0 Å². The Morgan fingerprint density at radius 1 is 1.02 bits per heavy atom. The molecule has 1 aliphatic heterocycles. The number of amides is 3. The van der Waals surface area contributed by atoms with Crippen LogP contribution in [0.3, 0.4) is 0 Å². The number of hydrogen-bond donors (Lipinski definition) is 2. The number of hydrogen-bond acceptors (Lipinski definition) is 6. The van der Waals surface area contributed by atoms with Gasteiger partial charge in [0.2, 0.25) is 11.8 Å². The fraction of sp³-hybridized carbons (Fsp3) is 0.625. The first-order valence-electron chi connectivity index (χ1n) is 14.6. The average Bonchev–Trinajstić information content (AvgIpc) is 3.37. The van der Waals surface area contributed by atoms with Crippen LogP contribution in [0, 0.1) is 17.8 Å². The Balaban J connectivity index is 2.31. The molecule has 0 unspecified atom stereocenters. The highest BCUT2D eigenvalue weighted by Crippen LogP contribution is 2.24.